The number of hydrogen-bond donors (Lipinski definition) is 2. The van der Waals surface area contributed by atoms with E-state index in [9.17, 15) is 9.50 Å². The molecule has 3 rings (SSSR count). The molecule has 0 aliphatic heterocycles. The molecule has 1 aromatic heterocycles. The van der Waals surface area contributed by atoms with E-state index < -0.39 is 0 Å². The number of rotatable bonds is 4. The number of phenols is 1. The highest BCUT2D eigenvalue weighted by Crippen LogP contribution is 2.24. The van der Waals surface area contributed by atoms with Crippen LogP contribution in [0.4, 0.5) is 10.1 Å². The van der Waals surface area contributed by atoms with Crippen LogP contribution in [0, 0.1) is 5.82 Å². The summed E-state index contributed by atoms with van der Waals surface area (Å²) in [5.74, 6) is -0.0219. The number of nitrogens with one attached hydrogen (secondary N) is 1. The van der Waals surface area contributed by atoms with Crippen LogP contribution < -0.4 is 5.32 Å². The zero-order chi connectivity index (χ0) is 14.7. The average molecular weight is 300 g/mol. The van der Waals surface area contributed by atoms with Crippen molar-refractivity contribution in [3.8, 4) is 16.3 Å². The lowest BCUT2D eigenvalue weighted by atomic mass is 10.2. The van der Waals surface area contributed by atoms with E-state index in [-0.39, 0.29) is 11.6 Å². The normalized spacial score (nSPS) is 10.5. The lowest BCUT2D eigenvalue weighted by Gasteiger charge is -2.04. The van der Waals surface area contributed by atoms with Gasteiger partial charge in [-0.2, -0.15) is 0 Å². The molecule has 3 aromatic rings. The van der Waals surface area contributed by atoms with Gasteiger partial charge >= 0.3 is 0 Å². The van der Waals surface area contributed by atoms with Gasteiger partial charge in [0.05, 0.1) is 12.2 Å². The summed E-state index contributed by atoms with van der Waals surface area (Å²) in [6, 6.07) is 13.3. The van der Waals surface area contributed by atoms with Gasteiger partial charge in [0, 0.05) is 22.7 Å². The van der Waals surface area contributed by atoms with Crippen molar-refractivity contribution in [1.29, 1.82) is 0 Å². The zero-order valence-electron chi connectivity index (χ0n) is 11.1. The Bertz CT molecular complexity index is 740. The quantitative estimate of drug-likeness (QED) is 0.756. The first-order valence-corrected chi connectivity index (χ1v) is 7.32. The van der Waals surface area contributed by atoms with Crippen molar-refractivity contribution >= 4 is 17.0 Å². The van der Waals surface area contributed by atoms with Gasteiger partial charge in [-0.25, -0.2) is 9.37 Å². The van der Waals surface area contributed by atoms with Crippen LogP contribution >= 0.6 is 11.3 Å². The summed E-state index contributed by atoms with van der Waals surface area (Å²) in [6.45, 7) is 0.571. The summed E-state index contributed by atoms with van der Waals surface area (Å²) in [6.07, 6.45) is 0. The van der Waals surface area contributed by atoms with Crippen LogP contribution in [0.25, 0.3) is 10.6 Å². The van der Waals surface area contributed by atoms with Crippen molar-refractivity contribution in [1.82, 2.24) is 4.98 Å². The smallest absolute Gasteiger partial charge is 0.123 e. The maximum Gasteiger partial charge on any atom is 0.123 e. The number of halogens is 1. The number of benzene rings is 2. The fourth-order valence-corrected chi connectivity index (χ4v) is 2.75. The number of hydrogen-bond acceptors (Lipinski definition) is 4. The number of thiazole rings is 1. The van der Waals surface area contributed by atoms with Crippen LogP contribution in [-0.4, -0.2) is 10.1 Å². The SMILES string of the molecule is Oc1cccc(NCc2csc(-c3ccc(F)cc3)n2)c1. The molecule has 0 fully saturated rings. The second kappa shape index (κ2) is 5.93. The molecule has 106 valence electrons. The van der Waals surface area contributed by atoms with Gasteiger partial charge in [0.25, 0.3) is 0 Å². The Labute approximate surface area is 125 Å². The summed E-state index contributed by atoms with van der Waals surface area (Å²) in [5, 5.41) is 15.4. The van der Waals surface area contributed by atoms with Crippen molar-refractivity contribution in [2.75, 3.05) is 5.32 Å². The van der Waals surface area contributed by atoms with E-state index in [0.29, 0.717) is 6.54 Å². The van der Waals surface area contributed by atoms with Crippen LogP contribution in [-0.2, 0) is 6.54 Å². The summed E-state index contributed by atoms with van der Waals surface area (Å²) in [4.78, 5) is 4.52. The van der Waals surface area contributed by atoms with E-state index in [1.165, 1.54) is 23.5 Å². The summed E-state index contributed by atoms with van der Waals surface area (Å²) in [7, 11) is 0. The van der Waals surface area contributed by atoms with E-state index >= 15 is 0 Å². The molecule has 0 saturated carbocycles. The second-order valence-electron chi connectivity index (χ2n) is 4.55. The number of phenolic OH excluding ortho intramolecular Hbond substituents is 1. The van der Waals surface area contributed by atoms with Gasteiger partial charge in [0.1, 0.15) is 16.6 Å². The molecule has 5 heteroatoms. The second-order valence-corrected chi connectivity index (χ2v) is 5.41. The van der Waals surface area contributed by atoms with Crippen LogP contribution in [0.15, 0.2) is 53.9 Å². The summed E-state index contributed by atoms with van der Waals surface area (Å²) < 4.78 is 12.9. The predicted octanol–water partition coefficient (Wildman–Crippen LogP) is 4.27. The number of anilines is 1. The molecule has 3 nitrogen and oxygen atoms in total. The lowest BCUT2D eigenvalue weighted by molar-refractivity contribution is 0.475. The molecule has 2 aromatic carbocycles. The van der Waals surface area contributed by atoms with Crippen molar-refractivity contribution in [3.05, 3.63) is 65.4 Å². The Balaban J connectivity index is 1.69. The van der Waals surface area contributed by atoms with Crippen LogP contribution in [0.1, 0.15) is 5.69 Å². The topological polar surface area (TPSA) is 45.1 Å². The third kappa shape index (κ3) is 3.38. The minimum Gasteiger partial charge on any atom is -0.508 e. The highest BCUT2D eigenvalue weighted by molar-refractivity contribution is 7.13. The Kier molecular flexibility index (Phi) is 3.83. The Hall–Kier alpha value is -2.40. The van der Waals surface area contributed by atoms with Gasteiger partial charge in [0.15, 0.2) is 0 Å². The molecule has 0 aliphatic rings. The van der Waals surface area contributed by atoms with Crippen LogP contribution in [0.2, 0.25) is 0 Å². The molecule has 0 bridgehead atoms. The van der Waals surface area contributed by atoms with Gasteiger partial charge in [-0.3, -0.25) is 0 Å². The van der Waals surface area contributed by atoms with Crippen molar-refractivity contribution in [2.24, 2.45) is 0 Å². The van der Waals surface area contributed by atoms with Gasteiger partial charge in [-0.15, -0.1) is 11.3 Å². The molecule has 0 radical (unpaired) electrons. The maximum absolute atomic E-state index is 12.9. The molecule has 1 heterocycles. The summed E-state index contributed by atoms with van der Waals surface area (Å²) >= 11 is 1.52. The van der Waals surface area contributed by atoms with Gasteiger partial charge in [-0.05, 0) is 36.4 Å². The zero-order valence-corrected chi connectivity index (χ0v) is 11.9. The number of nitrogens with zero attached hydrogens (tertiary/aromatic N) is 1. The molecule has 0 unspecified atom stereocenters. The fraction of sp³-hybridized carbons (Fsp3) is 0.0625. The molecule has 0 amide bonds. The maximum atomic E-state index is 12.9. The van der Waals surface area contributed by atoms with E-state index in [1.54, 1.807) is 30.3 Å². The van der Waals surface area contributed by atoms with E-state index in [4.69, 9.17) is 0 Å². The molecule has 2 N–H and O–H groups in total. The molecule has 0 spiro atoms. The Morgan fingerprint density at radius 3 is 2.71 bits per heavy atom. The average Bonchev–Trinajstić information content (AvgIpc) is 2.95. The highest BCUT2D eigenvalue weighted by Gasteiger charge is 2.05. The third-order valence-electron chi connectivity index (χ3n) is 2.96. The first-order valence-electron chi connectivity index (χ1n) is 6.44. The first-order chi connectivity index (χ1) is 10.2. The van der Waals surface area contributed by atoms with Crippen molar-refractivity contribution in [3.63, 3.8) is 0 Å². The van der Waals surface area contributed by atoms with E-state index in [1.807, 2.05) is 11.4 Å². The van der Waals surface area contributed by atoms with Gasteiger partial charge < -0.3 is 10.4 Å². The van der Waals surface area contributed by atoms with Crippen molar-refractivity contribution < 1.29 is 9.50 Å². The van der Waals surface area contributed by atoms with Gasteiger partial charge in [0.2, 0.25) is 0 Å². The standard InChI is InChI=1S/C16H13FN2OS/c17-12-6-4-11(5-7-12)16-19-14(10-21-16)9-18-13-2-1-3-15(20)8-13/h1-8,10,18,20H,9H2. The molecule has 21 heavy (non-hydrogen) atoms. The Morgan fingerprint density at radius 1 is 1.14 bits per heavy atom. The monoisotopic (exact) mass is 300 g/mol. The highest BCUT2D eigenvalue weighted by atomic mass is 32.1. The fourth-order valence-electron chi connectivity index (χ4n) is 1.92. The van der Waals surface area contributed by atoms with Crippen LogP contribution in [0.5, 0.6) is 5.75 Å². The van der Waals surface area contributed by atoms with E-state index in [0.717, 1.165) is 22.0 Å². The summed E-state index contributed by atoms with van der Waals surface area (Å²) in [5.41, 5.74) is 2.65. The predicted molar refractivity (Wildman–Crippen MR) is 82.9 cm³/mol. The van der Waals surface area contributed by atoms with E-state index in [2.05, 4.69) is 10.3 Å². The molecular weight excluding hydrogens is 287 g/mol. The Morgan fingerprint density at radius 2 is 1.95 bits per heavy atom. The lowest BCUT2D eigenvalue weighted by Crippen LogP contribution is -1.99. The number of aromatic nitrogens is 1. The van der Waals surface area contributed by atoms with Crippen molar-refractivity contribution in [2.45, 2.75) is 6.54 Å². The molecule has 0 saturated heterocycles. The minimum atomic E-state index is -0.249. The molecular formula is C16H13FN2OS. The van der Waals surface area contributed by atoms with Gasteiger partial charge in [-0.1, -0.05) is 6.07 Å². The van der Waals surface area contributed by atoms with Crippen LogP contribution in [0.3, 0.4) is 0 Å². The molecule has 0 atom stereocenters. The third-order valence-corrected chi connectivity index (χ3v) is 3.90. The molecule has 0 aliphatic carbocycles. The number of aromatic hydroxyl groups is 1. The minimum absolute atomic E-state index is 0.227. The first kappa shape index (κ1) is 13.6. The largest absolute Gasteiger partial charge is 0.508 e.